The van der Waals surface area contributed by atoms with E-state index in [2.05, 4.69) is 20.9 Å². The lowest BCUT2D eigenvalue weighted by Crippen LogP contribution is -2.41. The van der Waals surface area contributed by atoms with Crippen LogP contribution in [0.1, 0.15) is 47.4 Å². The fourth-order valence-corrected chi connectivity index (χ4v) is 2.83. The molecule has 114 valence electrons. The maximum atomic E-state index is 14.1. The lowest BCUT2D eigenvalue weighted by molar-refractivity contribution is 0.337. The van der Waals surface area contributed by atoms with Crippen molar-refractivity contribution in [2.75, 3.05) is 0 Å². The number of hydrogen-bond donors (Lipinski definition) is 0. The SMILES string of the molecule is CC(C)(C)c1nc2c(F)ccc(Br)c2c(=O)n1C(C)(C)C. The molecule has 2 rings (SSSR count). The molecule has 0 fully saturated rings. The van der Waals surface area contributed by atoms with Crippen LogP contribution in [0, 0.1) is 5.82 Å². The molecule has 0 amide bonds. The highest BCUT2D eigenvalue weighted by molar-refractivity contribution is 9.10. The molecule has 1 aromatic heterocycles. The fourth-order valence-electron chi connectivity index (χ4n) is 2.34. The van der Waals surface area contributed by atoms with Gasteiger partial charge in [-0.2, -0.15) is 0 Å². The van der Waals surface area contributed by atoms with Crippen molar-refractivity contribution >= 4 is 26.8 Å². The summed E-state index contributed by atoms with van der Waals surface area (Å²) in [6, 6.07) is 2.87. The van der Waals surface area contributed by atoms with E-state index >= 15 is 0 Å². The molecule has 0 N–H and O–H groups in total. The van der Waals surface area contributed by atoms with Crippen LogP contribution in [0.5, 0.6) is 0 Å². The smallest absolute Gasteiger partial charge is 0.263 e. The fraction of sp³-hybridized carbons (Fsp3) is 0.500. The Morgan fingerprint density at radius 1 is 1.14 bits per heavy atom. The summed E-state index contributed by atoms with van der Waals surface area (Å²) in [6.07, 6.45) is 0. The van der Waals surface area contributed by atoms with E-state index in [1.54, 1.807) is 10.6 Å². The van der Waals surface area contributed by atoms with Crippen LogP contribution in [-0.4, -0.2) is 9.55 Å². The zero-order chi connectivity index (χ0) is 16.2. The van der Waals surface area contributed by atoms with E-state index in [4.69, 9.17) is 0 Å². The Morgan fingerprint density at radius 2 is 1.71 bits per heavy atom. The van der Waals surface area contributed by atoms with Gasteiger partial charge in [0.25, 0.3) is 5.56 Å². The number of halogens is 2. The van der Waals surface area contributed by atoms with Crippen molar-refractivity contribution in [2.24, 2.45) is 0 Å². The first-order valence-electron chi connectivity index (χ1n) is 6.86. The minimum Gasteiger partial charge on any atom is -0.290 e. The molecule has 0 saturated carbocycles. The number of nitrogens with zero attached hydrogens (tertiary/aromatic N) is 2. The van der Waals surface area contributed by atoms with Crippen LogP contribution in [0.2, 0.25) is 0 Å². The summed E-state index contributed by atoms with van der Waals surface area (Å²) in [5, 5.41) is 0.290. The topological polar surface area (TPSA) is 34.9 Å². The number of rotatable bonds is 0. The molecule has 2 aromatic rings. The minimum absolute atomic E-state index is 0.125. The van der Waals surface area contributed by atoms with E-state index < -0.39 is 11.4 Å². The van der Waals surface area contributed by atoms with Crippen LogP contribution in [0.4, 0.5) is 4.39 Å². The first-order valence-corrected chi connectivity index (χ1v) is 7.65. The largest absolute Gasteiger partial charge is 0.290 e. The van der Waals surface area contributed by atoms with Crippen LogP contribution >= 0.6 is 15.9 Å². The maximum absolute atomic E-state index is 14.1. The van der Waals surface area contributed by atoms with Gasteiger partial charge in [-0.05, 0) is 48.8 Å². The standard InChI is InChI=1S/C16H20BrFN2O/c1-15(2,3)14-19-12-10(18)8-7-9(17)11(12)13(21)20(14)16(4,5)6/h7-8H,1-6H3. The molecule has 0 aliphatic carbocycles. The van der Waals surface area contributed by atoms with Gasteiger partial charge in [0, 0.05) is 15.4 Å². The van der Waals surface area contributed by atoms with Gasteiger partial charge < -0.3 is 0 Å². The second kappa shape index (κ2) is 4.90. The molecule has 0 atom stereocenters. The Morgan fingerprint density at radius 3 is 2.19 bits per heavy atom. The van der Waals surface area contributed by atoms with Gasteiger partial charge in [0.2, 0.25) is 0 Å². The third-order valence-electron chi connectivity index (χ3n) is 3.27. The number of benzene rings is 1. The van der Waals surface area contributed by atoms with E-state index in [-0.39, 0.29) is 21.9 Å². The average Bonchev–Trinajstić information content (AvgIpc) is 2.30. The van der Waals surface area contributed by atoms with E-state index in [9.17, 15) is 9.18 Å². The van der Waals surface area contributed by atoms with Crippen molar-refractivity contribution in [3.8, 4) is 0 Å². The molecular weight excluding hydrogens is 335 g/mol. The lowest BCUT2D eigenvalue weighted by Gasteiger charge is -2.31. The van der Waals surface area contributed by atoms with Crippen LogP contribution in [0.3, 0.4) is 0 Å². The molecule has 0 radical (unpaired) electrons. The molecule has 0 spiro atoms. The zero-order valence-corrected chi connectivity index (χ0v) is 14.8. The number of fused-ring (bicyclic) bond motifs is 1. The zero-order valence-electron chi connectivity index (χ0n) is 13.2. The van der Waals surface area contributed by atoms with Gasteiger partial charge in [0.1, 0.15) is 17.2 Å². The molecule has 1 heterocycles. The molecule has 3 nitrogen and oxygen atoms in total. The summed E-state index contributed by atoms with van der Waals surface area (Å²) in [4.78, 5) is 17.4. The number of hydrogen-bond acceptors (Lipinski definition) is 2. The summed E-state index contributed by atoms with van der Waals surface area (Å²) < 4.78 is 16.3. The van der Waals surface area contributed by atoms with Gasteiger partial charge in [-0.15, -0.1) is 0 Å². The molecule has 0 aliphatic heterocycles. The first-order chi connectivity index (χ1) is 9.44. The van der Waals surface area contributed by atoms with E-state index in [0.717, 1.165) is 0 Å². The summed E-state index contributed by atoms with van der Waals surface area (Å²) in [6.45, 7) is 11.8. The normalized spacial score (nSPS) is 13.0. The van der Waals surface area contributed by atoms with Crippen LogP contribution in [0.15, 0.2) is 21.4 Å². The molecule has 1 aromatic carbocycles. The average molecular weight is 355 g/mol. The highest BCUT2D eigenvalue weighted by Crippen LogP contribution is 2.29. The summed E-state index contributed by atoms with van der Waals surface area (Å²) >= 11 is 3.34. The third-order valence-corrected chi connectivity index (χ3v) is 3.93. The predicted molar refractivity (Wildman–Crippen MR) is 87.4 cm³/mol. The third kappa shape index (κ3) is 2.76. The highest BCUT2D eigenvalue weighted by Gasteiger charge is 2.29. The Labute approximate surface area is 132 Å². The maximum Gasteiger partial charge on any atom is 0.263 e. The van der Waals surface area contributed by atoms with E-state index in [1.807, 2.05) is 41.5 Å². The van der Waals surface area contributed by atoms with Crippen molar-refractivity contribution in [1.82, 2.24) is 9.55 Å². The van der Waals surface area contributed by atoms with E-state index in [1.165, 1.54) is 6.07 Å². The highest BCUT2D eigenvalue weighted by atomic mass is 79.9. The summed E-state index contributed by atoms with van der Waals surface area (Å²) in [5.74, 6) is 0.112. The summed E-state index contributed by atoms with van der Waals surface area (Å²) in [5.41, 5.74) is -0.897. The van der Waals surface area contributed by atoms with Crippen molar-refractivity contribution in [1.29, 1.82) is 0 Å². The molecule has 0 saturated heterocycles. The van der Waals surface area contributed by atoms with E-state index in [0.29, 0.717) is 10.3 Å². The van der Waals surface area contributed by atoms with Gasteiger partial charge in [-0.1, -0.05) is 20.8 Å². The Kier molecular flexibility index (Phi) is 3.77. The van der Waals surface area contributed by atoms with Crippen molar-refractivity contribution in [3.63, 3.8) is 0 Å². The second-order valence-corrected chi connectivity index (χ2v) is 8.10. The molecule has 0 aliphatic rings. The predicted octanol–water partition coefficient (Wildman–Crippen LogP) is 4.35. The van der Waals surface area contributed by atoms with Gasteiger partial charge in [-0.25, -0.2) is 9.37 Å². The van der Waals surface area contributed by atoms with Gasteiger partial charge in [0.15, 0.2) is 0 Å². The van der Waals surface area contributed by atoms with Gasteiger partial charge in [-0.3, -0.25) is 9.36 Å². The van der Waals surface area contributed by atoms with Crippen molar-refractivity contribution in [3.05, 3.63) is 38.6 Å². The minimum atomic E-state index is -0.475. The lowest BCUT2D eigenvalue weighted by atomic mass is 9.93. The van der Waals surface area contributed by atoms with Crippen molar-refractivity contribution < 1.29 is 4.39 Å². The van der Waals surface area contributed by atoms with Gasteiger partial charge >= 0.3 is 0 Å². The summed E-state index contributed by atoms with van der Waals surface area (Å²) in [7, 11) is 0. The van der Waals surface area contributed by atoms with Crippen LogP contribution < -0.4 is 5.56 Å². The monoisotopic (exact) mass is 354 g/mol. The number of aromatic nitrogens is 2. The first kappa shape index (κ1) is 16.1. The van der Waals surface area contributed by atoms with Gasteiger partial charge in [0.05, 0.1) is 5.39 Å². The van der Waals surface area contributed by atoms with Crippen molar-refractivity contribution in [2.45, 2.75) is 52.5 Å². The molecule has 5 heteroatoms. The Balaban J connectivity index is 3.11. The molecule has 0 unspecified atom stereocenters. The Bertz CT molecular complexity index is 767. The molecule has 0 bridgehead atoms. The second-order valence-electron chi connectivity index (χ2n) is 7.25. The molecular formula is C16H20BrFN2O. The Hall–Kier alpha value is -1.23. The quantitative estimate of drug-likeness (QED) is 0.704. The van der Waals surface area contributed by atoms with Crippen LogP contribution in [-0.2, 0) is 11.0 Å². The molecule has 21 heavy (non-hydrogen) atoms. The van der Waals surface area contributed by atoms with Crippen LogP contribution in [0.25, 0.3) is 10.9 Å².